The number of halogens is 3. The van der Waals surface area contributed by atoms with E-state index < -0.39 is 12.1 Å². The van der Waals surface area contributed by atoms with Crippen LogP contribution in [0.2, 0.25) is 0 Å². The van der Waals surface area contributed by atoms with Gasteiger partial charge in [0.1, 0.15) is 5.69 Å². The Morgan fingerprint density at radius 1 is 1.13 bits per heavy atom. The van der Waals surface area contributed by atoms with E-state index in [4.69, 9.17) is 0 Å². The summed E-state index contributed by atoms with van der Waals surface area (Å²) in [6.07, 6.45) is -3.20. The Morgan fingerprint density at radius 2 is 1.93 bits per heavy atom. The van der Waals surface area contributed by atoms with Crippen molar-refractivity contribution in [2.75, 3.05) is 0 Å². The molecule has 15 heavy (non-hydrogen) atoms. The lowest BCUT2D eigenvalue weighted by atomic mass is 10.3. The van der Waals surface area contributed by atoms with E-state index in [1.165, 1.54) is 12.3 Å². The number of aromatic nitrogens is 3. The molecule has 0 amide bonds. The minimum Gasteiger partial charge on any atom is -0.411 e. The Balaban J connectivity index is 2.37. The first-order chi connectivity index (χ1) is 7.07. The van der Waals surface area contributed by atoms with Gasteiger partial charge < -0.3 is 4.42 Å². The maximum absolute atomic E-state index is 12.1. The predicted molar refractivity (Wildman–Crippen MR) is 42.5 cm³/mol. The molecule has 0 aliphatic rings. The van der Waals surface area contributed by atoms with Crippen molar-refractivity contribution in [3.05, 3.63) is 30.3 Å². The van der Waals surface area contributed by atoms with Gasteiger partial charge in [0.25, 0.3) is 5.89 Å². The summed E-state index contributed by atoms with van der Waals surface area (Å²) in [4.78, 5) is 3.78. The number of rotatable bonds is 1. The smallest absolute Gasteiger partial charge is 0.411 e. The molecule has 2 aromatic heterocycles. The summed E-state index contributed by atoms with van der Waals surface area (Å²) in [5, 5.41) is 6.14. The number of alkyl halides is 3. The summed E-state index contributed by atoms with van der Waals surface area (Å²) < 4.78 is 40.7. The highest BCUT2D eigenvalue weighted by atomic mass is 19.4. The highest BCUT2D eigenvalue weighted by Crippen LogP contribution is 2.29. The average molecular weight is 215 g/mol. The first-order valence-corrected chi connectivity index (χ1v) is 3.89. The van der Waals surface area contributed by atoms with Crippen molar-refractivity contribution in [2.24, 2.45) is 0 Å². The van der Waals surface area contributed by atoms with Crippen molar-refractivity contribution >= 4 is 0 Å². The molecule has 4 nitrogen and oxygen atoms in total. The summed E-state index contributed by atoms with van der Waals surface area (Å²) in [5.41, 5.74) is 0.209. The normalized spacial score (nSPS) is 11.7. The van der Waals surface area contributed by atoms with Gasteiger partial charge in [0.05, 0.1) is 0 Å². The second-order valence-corrected chi connectivity index (χ2v) is 2.63. The first-order valence-electron chi connectivity index (χ1n) is 3.89. The second-order valence-electron chi connectivity index (χ2n) is 2.63. The van der Waals surface area contributed by atoms with Gasteiger partial charge in [-0.25, -0.2) is 0 Å². The third kappa shape index (κ3) is 1.95. The van der Waals surface area contributed by atoms with Crippen LogP contribution in [0.15, 0.2) is 28.8 Å². The lowest BCUT2D eigenvalue weighted by Gasteiger charge is -1.97. The molecule has 7 heteroatoms. The molecular weight excluding hydrogens is 211 g/mol. The molecule has 0 saturated carbocycles. The molecule has 78 valence electrons. The highest BCUT2D eigenvalue weighted by Gasteiger charge is 2.38. The fourth-order valence-electron chi connectivity index (χ4n) is 0.931. The Labute approximate surface area is 81.8 Å². The van der Waals surface area contributed by atoms with Crippen LogP contribution in [0.5, 0.6) is 0 Å². The van der Waals surface area contributed by atoms with Gasteiger partial charge in [0.2, 0.25) is 0 Å². The average Bonchev–Trinajstić information content (AvgIpc) is 2.67. The Bertz CT molecular complexity index is 452. The number of hydrogen-bond donors (Lipinski definition) is 0. The summed E-state index contributed by atoms with van der Waals surface area (Å²) in [5.74, 6) is -1.62. The minimum absolute atomic E-state index is 0.209. The van der Waals surface area contributed by atoms with Crippen LogP contribution < -0.4 is 0 Å². The SMILES string of the molecule is FC(F)(F)c1nnc(-c2ccccn2)o1. The van der Waals surface area contributed by atoms with Crippen LogP contribution in [0.25, 0.3) is 11.6 Å². The van der Waals surface area contributed by atoms with Crippen molar-refractivity contribution in [3.63, 3.8) is 0 Å². The summed E-state index contributed by atoms with van der Waals surface area (Å²) in [6, 6.07) is 4.72. The van der Waals surface area contributed by atoms with Crippen LogP contribution in [0, 0.1) is 0 Å². The van der Waals surface area contributed by atoms with E-state index in [0.29, 0.717) is 0 Å². The quantitative estimate of drug-likeness (QED) is 0.731. The van der Waals surface area contributed by atoms with Crippen LogP contribution in [-0.2, 0) is 6.18 Å². The van der Waals surface area contributed by atoms with E-state index in [-0.39, 0.29) is 11.6 Å². The van der Waals surface area contributed by atoms with Gasteiger partial charge in [0, 0.05) is 6.20 Å². The van der Waals surface area contributed by atoms with E-state index >= 15 is 0 Å². The molecule has 0 N–H and O–H groups in total. The molecule has 0 spiro atoms. The summed E-state index contributed by atoms with van der Waals surface area (Å²) >= 11 is 0. The van der Waals surface area contributed by atoms with Crippen molar-refractivity contribution in [1.82, 2.24) is 15.2 Å². The van der Waals surface area contributed by atoms with Gasteiger partial charge in [0.15, 0.2) is 0 Å². The molecule has 0 aliphatic heterocycles. The van der Waals surface area contributed by atoms with Gasteiger partial charge in [-0.05, 0) is 12.1 Å². The van der Waals surface area contributed by atoms with Crippen molar-refractivity contribution < 1.29 is 17.6 Å². The predicted octanol–water partition coefficient (Wildman–Crippen LogP) is 2.15. The second kappa shape index (κ2) is 3.34. The van der Waals surface area contributed by atoms with Crippen LogP contribution >= 0.6 is 0 Å². The third-order valence-corrected chi connectivity index (χ3v) is 1.55. The molecule has 0 unspecified atom stereocenters. The van der Waals surface area contributed by atoms with E-state index in [1.54, 1.807) is 12.1 Å². The first kappa shape index (κ1) is 9.63. The fourth-order valence-corrected chi connectivity index (χ4v) is 0.931. The zero-order valence-corrected chi connectivity index (χ0v) is 7.19. The highest BCUT2D eigenvalue weighted by molar-refractivity contribution is 5.44. The Morgan fingerprint density at radius 3 is 2.47 bits per heavy atom. The minimum atomic E-state index is -4.62. The number of nitrogens with zero attached hydrogens (tertiary/aromatic N) is 3. The topological polar surface area (TPSA) is 51.8 Å². The van der Waals surface area contributed by atoms with Crippen LogP contribution in [0.4, 0.5) is 13.2 Å². The molecule has 0 fully saturated rings. The van der Waals surface area contributed by atoms with E-state index in [2.05, 4.69) is 19.6 Å². The molecule has 0 saturated heterocycles. The molecule has 2 heterocycles. The van der Waals surface area contributed by atoms with Gasteiger partial charge in [-0.2, -0.15) is 13.2 Å². The van der Waals surface area contributed by atoms with Gasteiger partial charge in [-0.3, -0.25) is 4.98 Å². The van der Waals surface area contributed by atoms with E-state index in [9.17, 15) is 13.2 Å². The van der Waals surface area contributed by atoms with Crippen molar-refractivity contribution in [2.45, 2.75) is 6.18 Å². The zero-order chi connectivity index (χ0) is 10.9. The lowest BCUT2D eigenvalue weighted by molar-refractivity contribution is -0.156. The Kier molecular flexibility index (Phi) is 2.14. The largest absolute Gasteiger partial charge is 0.470 e. The maximum Gasteiger partial charge on any atom is 0.470 e. The van der Waals surface area contributed by atoms with Crippen molar-refractivity contribution in [3.8, 4) is 11.6 Å². The standard InChI is InChI=1S/C8H4F3N3O/c9-8(10,11)7-14-13-6(15-7)5-3-1-2-4-12-5/h1-4H. The van der Waals surface area contributed by atoms with Crippen LogP contribution in [-0.4, -0.2) is 15.2 Å². The molecule has 2 rings (SSSR count). The zero-order valence-electron chi connectivity index (χ0n) is 7.19. The van der Waals surface area contributed by atoms with Gasteiger partial charge in [-0.15, -0.1) is 10.2 Å². The van der Waals surface area contributed by atoms with Crippen LogP contribution in [0.3, 0.4) is 0 Å². The molecule has 0 aromatic carbocycles. The van der Waals surface area contributed by atoms with Gasteiger partial charge >= 0.3 is 12.1 Å². The number of pyridine rings is 1. The Hall–Kier alpha value is -1.92. The fraction of sp³-hybridized carbons (Fsp3) is 0.125. The summed E-state index contributed by atoms with van der Waals surface area (Å²) in [7, 11) is 0. The van der Waals surface area contributed by atoms with Crippen LogP contribution in [0.1, 0.15) is 5.89 Å². The molecular formula is C8H4F3N3O. The van der Waals surface area contributed by atoms with Crippen molar-refractivity contribution in [1.29, 1.82) is 0 Å². The lowest BCUT2D eigenvalue weighted by Crippen LogP contribution is -2.04. The van der Waals surface area contributed by atoms with E-state index in [1.807, 2.05) is 0 Å². The third-order valence-electron chi connectivity index (χ3n) is 1.55. The van der Waals surface area contributed by atoms with E-state index in [0.717, 1.165) is 0 Å². The van der Waals surface area contributed by atoms with Gasteiger partial charge in [-0.1, -0.05) is 6.07 Å². The molecule has 0 bridgehead atoms. The monoisotopic (exact) mass is 215 g/mol. The maximum atomic E-state index is 12.1. The molecule has 0 atom stereocenters. The molecule has 0 radical (unpaired) electrons. The molecule has 0 aliphatic carbocycles. The molecule has 2 aromatic rings. The summed E-state index contributed by atoms with van der Waals surface area (Å²) in [6.45, 7) is 0. The number of hydrogen-bond acceptors (Lipinski definition) is 4.